The van der Waals surface area contributed by atoms with Gasteiger partial charge < -0.3 is 20.5 Å². The standard InChI is InChI=1S/C18H22N2O3/c1-13-12-15(8-9-17(13)23-2)19-18(22)20-16(10-11-21)14-6-4-3-5-7-14/h3-9,12,16,21H,10-11H2,1-2H3,(H2,19,20,22)/t16-/m1/s1. The largest absolute Gasteiger partial charge is 0.496 e. The minimum atomic E-state index is -0.308. The van der Waals surface area contributed by atoms with Crippen molar-refractivity contribution >= 4 is 11.7 Å². The van der Waals surface area contributed by atoms with E-state index in [1.165, 1.54) is 0 Å². The van der Waals surface area contributed by atoms with Gasteiger partial charge in [-0.05, 0) is 42.7 Å². The number of anilines is 1. The number of rotatable bonds is 6. The van der Waals surface area contributed by atoms with Crippen molar-refractivity contribution in [1.82, 2.24) is 5.32 Å². The minimum absolute atomic E-state index is 0.00147. The van der Waals surface area contributed by atoms with E-state index in [9.17, 15) is 9.90 Å². The van der Waals surface area contributed by atoms with Gasteiger partial charge in [-0.15, -0.1) is 0 Å². The van der Waals surface area contributed by atoms with Crippen LogP contribution in [0.15, 0.2) is 48.5 Å². The maximum atomic E-state index is 12.2. The third kappa shape index (κ3) is 4.72. The van der Waals surface area contributed by atoms with E-state index in [4.69, 9.17) is 4.74 Å². The second-order valence-electron chi connectivity index (χ2n) is 5.26. The van der Waals surface area contributed by atoms with Gasteiger partial charge in [-0.2, -0.15) is 0 Å². The quantitative estimate of drug-likeness (QED) is 0.766. The lowest BCUT2D eigenvalue weighted by Crippen LogP contribution is -2.33. The van der Waals surface area contributed by atoms with Crippen LogP contribution < -0.4 is 15.4 Å². The summed E-state index contributed by atoms with van der Waals surface area (Å²) in [6, 6.07) is 14.5. The molecular weight excluding hydrogens is 292 g/mol. The Morgan fingerprint density at radius 2 is 1.96 bits per heavy atom. The maximum absolute atomic E-state index is 12.2. The molecule has 0 spiro atoms. The molecule has 0 fully saturated rings. The van der Waals surface area contributed by atoms with Crippen LogP contribution in [-0.4, -0.2) is 24.9 Å². The van der Waals surface area contributed by atoms with E-state index in [-0.39, 0.29) is 18.7 Å². The Kier molecular flexibility index (Phi) is 6.00. The van der Waals surface area contributed by atoms with Crippen LogP contribution in [0.4, 0.5) is 10.5 Å². The molecule has 122 valence electrons. The molecule has 5 heteroatoms. The molecular formula is C18H22N2O3. The number of benzene rings is 2. The summed E-state index contributed by atoms with van der Waals surface area (Å²) in [4.78, 5) is 12.2. The maximum Gasteiger partial charge on any atom is 0.319 e. The number of methoxy groups -OCH3 is 1. The molecule has 2 amide bonds. The van der Waals surface area contributed by atoms with E-state index in [0.717, 1.165) is 16.9 Å². The second kappa shape index (κ2) is 8.19. The predicted molar refractivity (Wildman–Crippen MR) is 90.8 cm³/mol. The van der Waals surface area contributed by atoms with Crippen LogP contribution in [0.1, 0.15) is 23.6 Å². The lowest BCUT2D eigenvalue weighted by molar-refractivity contribution is 0.239. The number of aliphatic hydroxyl groups excluding tert-OH is 1. The molecule has 2 rings (SSSR count). The van der Waals surface area contributed by atoms with Crippen LogP contribution in [0.2, 0.25) is 0 Å². The zero-order valence-electron chi connectivity index (χ0n) is 13.4. The molecule has 0 aliphatic heterocycles. The molecule has 0 aliphatic rings. The van der Waals surface area contributed by atoms with E-state index in [1.807, 2.05) is 49.4 Å². The highest BCUT2D eigenvalue weighted by atomic mass is 16.5. The van der Waals surface area contributed by atoms with E-state index >= 15 is 0 Å². The Bertz CT molecular complexity index is 644. The van der Waals surface area contributed by atoms with Gasteiger partial charge in [-0.25, -0.2) is 4.79 Å². The van der Waals surface area contributed by atoms with Gasteiger partial charge in [0, 0.05) is 12.3 Å². The monoisotopic (exact) mass is 314 g/mol. The fraction of sp³-hybridized carbons (Fsp3) is 0.278. The van der Waals surface area contributed by atoms with Crippen molar-refractivity contribution in [2.75, 3.05) is 19.0 Å². The fourth-order valence-electron chi connectivity index (χ4n) is 2.42. The molecule has 2 aromatic rings. The molecule has 0 aliphatic carbocycles. The minimum Gasteiger partial charge on any atom is -0.496 e. The summed E-state index contributed by atoms with van der Waals surface area (Å²) in [5, 5.41) is 14.9. The summed E-state index contributed by atoms with van der Waals surface area (Å²) in [7, 11) is 1.61. The smallest absolute Gasteiger partial charge is 0.319 e. The van der Waals surface area contributed by atoms with Crippen LogP contribution in [0, 0.1) is 6.92 Å². The number of nitrogens with one attached hydrogen (secondary N) is 2. The number of urea groups is 1. The summed E-state index contributed by atoms with van der Waals surface area (Å²) < 4.78 is 5.20. The number of hydrogen-bond acceptors (Lipinski definition) is 3. The van der Waals surface area contributed by atoms with Crippen molar-refractivity contribution in [3.05, 3.63) is 59.7 Å². The summed E-state index contributed by atoms with van der Waals surface area (Å²) in [5.74, 6) is 0.776. The molecule has 5 nitrogen and oxygen atoms in total. The van der Waals surface area contributed by atoms with Gasteiger partial charge in [0.15, 0.2) is 0 Å². The third-order valence-electron chi connectivity index (χ3n) is 3.58. The van der Waals surface area contributed by atoms with Crippen molar-refractivity contribution in [3.63, 3.8) is 0 Å². The summed E-state index contributed by atoms with van der Waals surface area (Å²) in [6.45, 7) is 1.92. The summed E-state index contributed by atoms with van der Waals surface area (Å²) in [5.41, 5.74) is 2.60. The van der Waals surface area contributed by atoms with Crippen LogP contribution in [0.25, 0.3) is 0 Å². The Hall–Kier alpha value is -2.53. The van der Waals surface area contributed by atoms with Gasteiger partial charge in [0.1, 0.15) is 5.75 Å². The van der Waals surface area contributed by atoms with Crippen LogP contribution in [-0.2, 0) is 0 Å². The second-order valence-corrected chi connectivity index (χ2v) is 5.26. The molecule has 0 unspecified atom stereocenters. The molecule has 2 aromatic carbocycles. The van der Waals surface area contributed by atoms with Crippen molar-refractivity contribution in [2.45, 2.75) is 19.4 Å². The van der Waals surface area contributed by atoms with Crippen molar-refractivity contribution in [2.24, 2.45) is 0 Å². The highest BCUT2D eigenvalue weighted by molar-refractivity contribution is 5.89. The van der Waals surface area contributed by atoms with Crippen molar-refractivity contribution < 1.29 is 14.6 Å². The molecule has 0 saturated carbocycles. The van der Waals surface area contributed by atoms with E-state index in [2.05, 4.69) is 10.6 Å². The van der Waals surface area contributed by atoms with Crippen LogP contribution in [0.5, 0.6) is 5.75 Å². The van der Waals surface area contributed by atoms with Crippen molar-refractivity contribution in [3.8, 4) is 5.75 Å². The van der Waals surface area contributed by atoms with Crippen LogP contribution >= 0.6 is 0 Å². The van der Waals surface area contributed by atoms with E-state index < -0.39 is 0 Å². The van der Waals surface area contributed by atoms with Crippen LogP contribution in [0.3, 0.4) is 0 Å². The molecule has 0 saturated heterocycles. The zero-order valence-corrected chi connectivity index (χ0v) is 13.4. The van der Waals surface area contributed by atoms with Gasteiger partial charge in [-0.3, -0.25) is 0 Å². The number of ether oxygens (including phenoxy) is 1. The van der Waals surface area contributed by atoms with Gasteiger partial charge in [0.05, 0.1) is 13.2 Å². The first-order chi connectivity index (χ1) is 11.1. The number of hydrogen-bond donors (Lipinski definition) is 3. The highest BCUT2D eigenvalue weighted by Gasteiger charge is 2.14. The number of aryl methyl sites for hydroxylation is 1. The van der Waals surface area contributed by atoms with E-state index in [1.54, 1.807) is 13.2 Å². The number of aliphatic hydroxyl groups is 1. The molecule has 1 atom stereocenters. The molecule has 0 bridgehead atoms. The molecule has 0 aromatic heterocycles. The summed E-state index contributed by atoms with van der Waals surface area (Å²) >= 11 is 0. The summed E-state index contributed by atoms with van der Waals surface area (Å²) in [6.07, 6.45) is 0.457. The first kappa shape index (κ1) is 16.8. The first-order valence-electron chi connectivity index (χ1n) is 7.52. The predicted octanol–water partition coefficient (Wildman–Crippen LogP) is 3.25. The normalized spacial score (nSPS) is 11.6. The lowest BCUT2D eigenvalue weighted by Gasteiger charge is -2.19. The number of amides is 2. The SMILES string of the molecule is COc1ccc(NC(=O)N[C@H](CCO)c2ccccc2)cc1C. The van der Waals surface area contributed by atoms with Gasteiger partial charge >= 0.3 is 6.03 Å². The third-order valence-corrected chi connectivity index (χ3v) is 3.58. The average molecular weight is 314 g/mol. The number of carbonyl (C=O) groups excluding carboxylic acids is 1. The number of carbonyl (C=O) groups is 1. The van der Waals surface area contributed by atoms with Gasteiger partial charge in [0.2, 0.25) is 0 Å². The Morgan fingerprint density at radius 1 is 1.22 bits per heavy atom. The Balaban J connectivity index is 2.03. The first-order valence-corrected chi connectivity index (χ1v) is 7.52. The topological polar surface area (TPSA) is 70.6 Å². The average Bonchev–Trinajstić information content (AvgIpc) is 2.55. The molecule has 3 N–H and O–H groups in total. The molecule has 0 radical (unpaired) electrons. The fourth-order valence-corrected chi connectivity index (χ4v) is 2.42. The molecule has 23 heavy (non-hydrogen) atoms. The van der Waals surface area contributed by atoms with Gasteiger partial charge in [-0.1, -0.05) is 30.3 Å². The van der Waals surface area contributed by atoms with Gasteiger partial charge in [0.25, 0.3) is 0 Å². The zero-order chi connectivity index (χ0) is 16.7. The lowest BCUT2D eigenvalue weighted by atomic mass is 10.0. The van der Waals surface area contributed by atoms with E-state index in [0.29, 0.717) is 12.1 Å². The Morgan fingerprint density at radius 3 is 2.57 bits per heavy atom. The Labute approximate surface area is 136 Å². The highest BCUT2D eigenvalue weighted by Crippen LogP contribution is 2.22. The molecule has 0 heterocycles. The van der Waals surface area contributed by atoms with Crippen molar-refractivity contribution in [1.29, 1.82) is 0 Å².